The highest BCUT2D eigenvalue weighted by molar-refractivity contribution is 6.32. The van der Waals surface area contributed by atoms with Gasteiger partial charge in [-0.2, -0.15) is 0 Å². The number of carbonyl (C=O) groups excluding carboxylic acids is 4. The molecule has 1 aromatic carbocycles. The highest BCUT2D eigenvalue weighted by atomic mass is 35.5. The normalized spacial score (nSPS) is 15.4. The third-order valence-electron chi connectivity index (χ3n) is 4.51. The van der Waals surface area contributed by atoms with Gasteiger partial charge >= 0.3 is 18.0 Å². The first-order valence-corrected chi connectivity index (χ1v) is 10.3. The molecule has 2 aromatic rings. The molecule has 11 heteroatoms. The summed E-state index contributed by atoms with van der Waals surface area (Å²) in [5.41, 5.74) is 0.553. The summed E-state index contributed by atoms with van der Waals surface area (Å²) in [7, 11) is 1.21. The summed E-state index contributed by atoms with van der Waals surface area (Å²) >= 11 is 6.24. The van der Waals surface area contributed by atoms with Gasteiger partial charge in [0, 0.05) is 0 Å². The number of amides is 3. The van der Waals surface area contributed by atoms with Crippen molar-refractivity contribution in [3.05, 3.63) is 58.1 Å². The van der Waals surface area contributed by atoms with Crippen molar-refractivity contribution < 1.29 is 37.8 Å². The average molecular weight is 477 g/mol. The molecule has 10 nitrogen and oxygen atoms in total. The third kappa shape index (κ3) is 5.53. The number of hydrogen-bond acceptors (Lipinski definition) is 8. The Morgan fingerprint density at radius 2 is 2.00 bits per heavy atom. The molecule has 1 aliphatic rings. The van der Waals surface area contributed by atoms with Gasteiger partial charge in [0.15, 0.2) is 6.10 Å². The molecule has 174 valence electrons. The predicted molar refractivity (Wildman–Crippen MR) is 115 cm³/mol. The molecule has 3 amide bonds. The first kappa shape index (κ1) is 23.9. The molecule has 3 rings (SSSR count). The Morgan fingerprint density at radius 1 is 1.24 bits per heavy atom. The fraction of sp³-hybridized carbons (Fsp3) is 0.273. The van der Waals surface area contributed by atoms with E-state index in [0.717, 1.165) is 4.90 Å². The zero-order valence-corrected chi connectivity index (χ0v) is 18.8. The Labute approximate surface area is 194 Å². The van der Waals surface area contributed by atoms with Gasteiger partial charge < -0.3 is 23.9 Å². The van der Waals surface area contributed by atoms with E-state index in [0.29, 0.717) is 5.56 Å². The highest BCUT2D eigenvalue weighted by Crippen LogP contribution is 2.28. The standard InChI is InChI=1S/C22H21ClN2O8/c1-4-31-20(27)12(2)32-17-7-5-13(9-15(17)23)10-16-19(26)25(22(29)24-16)11-14-6-8-18(33-14)21(28)30-3/h5-10,12H,4,11H2,1-3H3,(H,24,29)/b16-10-/t12-/m1/s1. The summed E-state index contributed by atoms with van der Waals surface area (Å²) in [5, 5.41) is 2.70. The molecule has 0 radical (unpaired) electrons. The van der Waals surface area contributed by atoms with E-state index in [1.54, 1.807) is 26.0 Å². The van der Waals surface area contributed by atoms with Crippen molar-refractivity contribution in [3.8, 4) is 5.75 Å². The molecular formula is C22H21ClN2O8. The molecule has 1 aromatic heterocycles. The van der Waals surface area contributed by atoms with Gasteiger partial charge in [0.25, 0.3) is 5.91 Å². The number of carbonyl (C=O) groups is 4. The number of nitrogens with zero attached hydrogens (tertiary/aromatic N) is 1. The number of urea groups is 1. The maximum Gasteiger partial charge on any atom is 0.373 e. The van der Waals surface area contributed by atoms with Crippen LogP contribution in [0.3, 0.4) is 0 Å². The highest BCUT2D eigenvalue weighted by Gasteiger charge is 2.34. The molecule has 1 fully saturated rings. The Morgan fingerprint density at radius 3 is 2.67 bits per heavy atom. The Bertz CT molecular complexity index is 1120. The van der Waals surface area contributed by atoms with Crippen LogP contribution in [0.15, 0.2) is 40.4 Å². The molecule has 2 heterocycles. The molecule has 0 saturated carbocycles. The third-order valence-corrected chi connectivity index (χ3v) is 4.81. The summed E-state index contributed by atoms with van der Waals surface area (Å²) in [6.07, 6.45) is 0.601. The summed E-state index contributed by atoms with van der Waals surface area (Å²) in [4.78, 5) is 49.1. The minimum atomic E-state index is -0.850. The number of hydrogen-bond donors (Lipinski definition) is 1. The lowest BCUT2D eigenvalue weighted by atomic mass is 10.2. The van der Waals surface area contributed by atoms with Crippen LogP contribution in [0, 0.1) is 0 Å². The molecule has 0 spiro atoms. The fourth-order valence-corrected chi connectivity index (χ4v) is 3.15. The minimum Gasteiger partial charge on any atom is -0.477 e. The topological polar surface area (TPSA) is 124 Å². The molecule has 1 N–H and O–H groups in total. The van der Waals surface area contributed by atoms with E-state index < -0.39 is 30.0 Å². The summed E-state index contributed by atoms with van der Waals surface area (Å²) in [5.74, 6) is -1.30. The Kier molecular flexibility index (Phi) is 7.39. The van der Waals surface area contributed by atoms with Gasteiger partial charge in [-0.25, -0.2) is 14.4 Å². The van der Waals surface area contributed by atoms with E-state index in [9.17, 15) is 19.2 Å². The van der Waals surface area contributed by atoms with Crippen molar-refractivity contribution in [3.63, 3.8) is 0 Å². The monoisotopic (exact) mass is 476 g/mol. The van der Waals surface area contributed by atoms with Crippen molar-refractivity contribution in [2.75, 3.05) is 13.7 Å². The number of nitrogens with one attached hydrogen (secondary N) is 1. The minimum absolute atomic E-state index is 0.0318. The molecule has 1 aliphatic heterocycles. The quantitative estimate of drug-likeness (QED) is 0.350. The number of ether oxygens (including phenoxy) is 3. The summed E-state index contributed by atoms with van der Waals surface area (Å²) in [6, 6.07) is 6.91. The number of benzene rings is 1. The van der Waals surface area contributed by atoms with Crippen LogP contribution in [0.25, 0.3) is 6.08 Å². The second-order valence-electron chi connectivity index (χ2n) is 6.84. The first-order chi connectivity index (χ1) is 15.7. The zero-order chi connectivity index (χ0) is 24.1. The first-order valence-electron chi connectivity index (χ1n) is 9.87. The van der Waals surface area contributed by atoms with E-state index in [-0.39, 0.29) is 41.1 Å². The number of imide groups is 1. The van der Waals surface area contributed by atoms with Gasteiger partial charge in [-0.3, -0.25) is 9.69 Å². The van der Waals surface area contributed by atoms with Crippen LogP contribution in [0.2, 0.25) is 5.02 Å². The summed E-state index contributed by atoms with van der Waals surface area (Å²) in [6.45, 7) is 3.30. The van der Waals surface area contributed by atoms with Gasteiger partial charge in [0.05, 0.1) is 25.3 Å². The van der Waals surface area contributed by atoms with Crippen molar-refractivity contribution in [2.45, 2.75) is 26.5 Å². The van der Waals surface area contributed by atoms with Gasteiger partial charge in [0.2, 0.25) is 5.76 Å². The van der Waals surface area contributed by atoms with Crippen molar-refractivity contribution in [1.82, 2.24) is 10.2 Å². The SMILES string of the molecule is CCOC(=O)[C@@H](C)Oc1ccc(/C=C2\NC(=O)N(Cc3ccc(C(=O)OC)o3)C2=O)cc1Cl. The van der Waals surface area contributed by atoms with Crippen LogP contribution < -0.4 is 10.1 Å². The molecular weight excluding hydrogens is 456 g/mol. The smallest absolute Gasteiger partial charge is 0.373 e. The molecule has 0 bridgehead atoms. The van der Waals surface area contributed by atoms with Crippen molar-refractivity contribution in [2.24, 2.45) is 0 Å². The summed E-state index contributed by atoms with van der Waals surface area (Å²) < 4.78 is 20.3. The lowest BCUT2D eigenvalue weighted by Gasteiger charge is -2.14. The largest absolute Gasteiger partial charge is 0.477 e. The average Bonchev–Trinajstić information content (AvgIpc) is 3.35. The van der Waals surface area contributed by atoms with Crippen LogP contribution in [-0.2, 0) is 25.6 Å². The van der Waals surface area contributed by atoms with Crippen molar-refractivity contribution >= 4 is 41.6 Å². The van der Waals surface area contributed by atoms with Crippen molar-refractivity contribution in [1.29, 1.82) is 0 Å². The fourth-order valence-electron chi connectivity index (χ4n) is 2.91. The van der Waals surface area contributed by atoms with Crippen LogP contribution in [0.4, 0.5) is 4.79 Å². The van der Waals surface area contributed by atoms with E-state index in [1.165, 1.54) is 31.4 Å². The van der Waals surface area contributed by atoms with E-state index in [1.807, 2.05) is 0 Å². The van der Waals surface area contributed by atoms with Crippen LogP contribution in [-0.4, -0.2) is 48.6 Å². The Balaban J connectivity index is 1.71. The second-order valence-corrected chi connectivity index (χ2v) is 7.25. The molecule has 1 saturated heterocycles. The molecule has 33 heavy (non-hydrogen) atoms. The van der Waals surface area contributed by atoms with Gasteiger partial charge in [0.1, 0.15) is 17.2 Å². The van der Waals surface area contributed by atoms with Gasteiger partial charge in [-0.15, -0.1) is 0 Å². The number of methoxy groups -OCH3 is 1. The maximum atomic E-state index is 12.7. The van der Waals surface area contributed by atoms with Crippen LogP contribution in [0.5, 0.6) is 5.75 Å². The maximum absolute atomic E-state index is 12.7. The number of furan rings is 1. The molecule has 1 atom stereocenters. The number of esters is 2. The van der Waals surface area contributed by atoms with E-state index >= 15 is 0 Å². The lowest BCUT2D eigenvalue weighted by Crippen LogP contribution is -2.30. The lowest BCUT2D eigenvalue weighted by molar-refractivity contribution is -0.150. The molecule has 0 aliphatic carbocycles. The Hall–Kier alpha value is -3.79. The van der Waals surface area contributed by atoms with Gasteiger partial charge in [-0.1, -0.05) is 17.7 Å². The number of halogens is 1. The predicted octanol–water partition coefficient (Wildman–Crippen LogP) is 3.14. The second kappa shape index (κ2) is 10.2. The van der Waals surface area contributed by atoms with Crippen LogP contribution in [0.1, 0.15) is 35.7 Å². The number of rotatable bonds is 8. The zero-order valence-electron chi connectivity index (χ0n) is 18.0. The van der Waals surface area contributed by atoms with E-state index in [2.05, 4.69) is 10.1 Å². The molecule has 0 unspecified atom stereocenters. The van der Waals surface area contributed by atoms with Gasteiger partial charge in [-0.05, 0) is 49.8 Å². The van der Waals surface area contributed by atoms with E-state index in [4.69, 9.17) is 25.5 Å². The van der Waals surface area contributed by atoms with Crippen LogP contribution >= 0.6 is 11.6 Å².